The standard InChI is InChI=1S/C16H16N4OS3/c17-11-16(8-4-5-9-16)18-13(21)10-23-14-19-20(15(22)24-14)12-6-2-1-3-7-12/h1-3,6-7H,4-5,8-10H2,(H,18,21). The Labute approximate surface area is 153 Å². The molecule has 1 aromatic carbocycles. The average Bonchev–Trinajstić information content (AvgIpc) is 3.21. The van der Waals surface area contributed by atoms with E-state index in [0.29, 0.717) is 3.95 Å². The first-order valence-corrected chi connectivity index (χ1v) is 9.84. The Kier molecular flexibility index (Phi) is 5.33. The van der Waals surface area contributed by atoms with Gasteiger partial charge in [-0.3, -0.25) is 4.79 Å². The summed E-state index contributed by atoms with van der Waals surface area (Å²) in [7, 11) is 0. The molecule has 124 valence electrons. The minimum atomic E-state index is -0.673. The lowest BCUT2D eigenvalue weighted by Crippen LogP contribution is -2.45. The Balaban J connectivity index is 1.62. The second-order valence-corrected chi connectivity index (χ2v) is 8.46. The molecule has 0 saturated heterocycles. The van der Waals surface area contributed by atoms with Gasteiger partial charge in [0.15, 0.2) is 8.29 Å². The minimum Gasteiger partial charge on any atom is -0.337 e. The van der Waals surface area contributed by atoms with Crippen molar-refractivity contribution in [3.63, 3.8) is 0 Å². The Morgan fingerprint density at radius 1 is 1.42 bits per heavy atom. The number of amides is 1. The molecule has 0 unspecified atom stereocenters. The molecule has 0 atom stereocenters. The normalized spacial score (nSPS) is 15.8. The predicted octanol–water partition coefficient (Wildman–Crippen LogP) is 3.71. The van der Waals surface area contributed by atoms with Crippen LogP contribution in [-0.4, -0.2) is 27.0 Å². The predicted molar refractivity (Wildman–Crippen MR) is 98.0 cm³/mol. The van der Waals surface area contributed by atoms with Gasteiger partial charge in [0, 0.05) is 0 Å². The maximum absolute atomic E-state index is 12.2. The van der Waals surface area contributed by atoms with Crippen LogP contribution in [0.1, 0.15) is 25.7 Å². The van der Waals surface area contributed by atoms with Gasteiger partial charge in [0.2, 0.25) is 5.91 Å². The highest BCUT2D eigenvalue weighted by atomic mass is 32.2. The van der Waals surface area contributed by atoms with Crippen LogP contribution in [0.25, 0.3) is 5.69 Å². The van der Waals surface area contributed by atoms with E-state index in [1.807, 2.05) is 30.3 Å². The molecule has 1 aliphatic carbocycles. The number of nitriles is 1. The van der Waals surface area contributed by atoms with Gasteiger partial charge in [-0.15, -0.1) is 5.10 Å². The molecule has 1 fully saturated rings. The Bertz CT molecular complexity index is 816. The third kappa shape index (κ3) is 3.86. The summed E-state index contributed by atoms with van der Waals surface area (Å²) < 4.78 is 3.10. The zero-order valence-electron chi connectivity index (χ0n) is 12.9. The summed E-state index contributed by atoms with van der Waals surface area (Å²) in [5.74, 6) is 0.108. The second kappa shape index (κ2) is 7.47. The highest BCUT2D eigenvalue weighted by Gasteiger charge is 2.35. The van der Waals surface area contributed by atoms with E-state index in [0.717, 1.165) is 35.7 Å². The molecule has 0 bridgehead atoms. The van der Waals surface area contributed by atoms with Crippen LogP contribution in [0.5, 0.6) is 0 Å². The van der Waals surface area contributed by atoms with E-state index in [-0.39, 0.29) is 11.7 Å². The number of aromatic nitrogens is 2. The van der Waals surface area contributed by atoms with Crippen LogP contribution < -0.4 is 5.32 Å². The number of rotatable bonds is 5. The van der Waals surface area contributed by atoms with Gasteiger partial charge in [-0.1, -0.05) is 41.3 Å². The van der Waals surface area contributed by atoms with E-state index in [1.165, 1.54) is 23.1 Å². The summed E-state index contributed by atoms with van der Waals surface area (Å²) in [6.45, 7) is 0. The summed E-state index contributed by atoms with van der Waals surface area (Å²) >= 11 is 8.08. The number of nitrogens with one attached hydrogen (secondary N) is 1. The average molecular weight is 377 g/mol. The van der Waals surface area contributed by atoms with E-state index in [4.69, 9.17) is 12.2 Å². The molecule has 1 aliphatic rings. The van der Waals surface area contributed by atoms with Crippen molar-refractivity contribution in [2.45, 2.75) is 35.6 Å². The largest absolute Gasteiger partial charge is 0.337 e. The van der Waals surface area contributed by atoms with E-state index in [2.05, 4.69) is 16.5 Å². The summed E-state index contributed by atoms with van der Waals surface area (Å²) in [5.41, 5.74) is 0.234. The molecule has 1 amide bonds. The summed E-state index contributed by atoms with van der Waals surface area (Å²) in [4.78, 5) is 12.2. The van der Waals surface area contributed by atoms with E-state index in [1.54, 1.807) is 4.68 Å². The van der Waals surface area contributed by atoms with Crippen LogP contribution in [0.4, 0.5) is 0 Å². The number of hydrogen-bond donors (Lipinski definition) is 1. The van der Waals surface area contributed by atoms with Crippen LogP contribution in [-0.2, 0) is 4.79 Å². The molecule has 24 heavy (non-hydrogen) atoms. The Morgan fingerprint density at radius 3 is 2.79 bits per heavy atom. The van der Waals surface area contributed by atoms with Crippen molar-refractivity contribution in [2.75, 3.05) is 5.75 Å². The zero-order chi connectivity index (χ0) is 17.0. The van der Waals surface area contributed by atoms with Crippen LogP contribution in [0.2, 0.25) is 0 Å². The molecule has 1 aromatic heterocycles. The highest BCUT2D eigenvalue weighted by Crippen LogP contribution is 2.29. The minimum absolute atomic E-state index is 0.129. The fourth-order valence-electron chi connectivity index (χ4n) is 2.73. The molecular weight excluding hydrogens is 360 g/mol. The lowest BCUT2D eigenvalue weighted by atomic mass is 10.0. The highest BCUT2D eigenvalue weighted by molar-refractivity contribution is 8.01. The molecule has 3 rings (SSSR count). The van der Waals surface area contributed by atoms with Gasteiger partial charge in [0.25, 0.3) is 0 Å². The van der Waals surface area contributed by atoms with E-state index in [9.17, 15) is 10.1 Å². The van der Waals surface area contributed by atoms with Gasteiger partial charge in [0.1, 0.15) is 5.54 Å². The van der Waals surface area contributed by atoms with Crippen molar-refractivity contribution in [1.82, 2.24) is 15.1 Å². The Hall–Kier alpha value is -1.69. The van der Waals surface area contributed by atoms with Crippen molar-refractivity contribution in [2.24, 2.45) is 0 Å². The fraction of sp³-hybridized carbons (Fsp3) is 0.375. The van der Waals surface area contributed by atoms with Gasteiger partial charge >= 0.3 is 0 Å². The van der Waals surface area contributed by atoms with Crippen LogP contribution in [0, 0.1) is 15.3 Å². The monoisotopic (exact) mass is 376 g/mol. The van der Waals surface area contributed by atoms with Gasteiger partial charge in [-0.25, -0.2) is 4.68 Å². The number of thioether (sulfide) groups is 1. The van der Waals surface area contributed by atoms with Crippen molar-refractivity contribution < 1.29 is 4.79 Å². The number of carbonyl (C=O) groups is 1. The molecule has 2 aromatic rings. The van der Waals surface area contributed by atoms with Gasteiger partial charge in [-0.05, 0) is 50.0 Å². The first kappa shape index (κ1) is 17.1. The van der Waals surface area contributed by atoms with Crippen molar-refractivity contribution in [3.05, 3.63) is 34.3 Å². The van der Waals surface area contributed by atoms with Gasteiger partial charge < -0.3 is 5.32 Å². The smallest absolute Gasteiger partial charge is 0.231 e. The lowest BCUT2D eigenvalue weighted by Gasteiger charge is -2.21. The number of hydrogen-bond acceptors (Lipinski definition) is 6. The fourth-order valence-corrected chi connectivity index (χ4v) is 4.89. The SMILES string of the molecule is N#CC1(NC(=O)CSc2nn(-c3ccccc3)c(=S)s2)CCCC1. The molecule has 8 heteroatoms. The molecular formula is C16H16N4OS3. The Morgan fingerprint density at radius 2 is 2.12 bits per heavy atom. The summed E-state index contributed by atoms with van der Waals surface area (Å²) in [6.07, 6.45) is 3.46. The molecule has 1 heterocycles. The topological polar surface area (TPSA) is 70.7 Å². The van der Waals surface area contributed by atoms with Crippen molar-refractivity contribution in [1.29, 1.82) is 5.26 Å². The van der Waals surface area contributed by atoms with Crippen LogP contribution >= 0.6 is 35.3 Å². The van der Waals surface area contributed by atoms with Crippen molar-refractivity contribution in [3.8, 4) is 11.8 Å². The number of para-hydroxylation sites is 1. The van der Waals surface area contributed by atoms with Gasteiger partial charge in [0.05, 0.1) is 17.5 Å². The molecule has 0 radical (unpaired) electrons. The second-order valence-electron chi connectivity index (χ2n) is 5.62. The van der Waals surface area contributed by atoms with Crippen LogP contribution in [0.3, 0.4) is 0 Å². The molecule has 5 nitrogen and oxygen atoms in total. The summed E-state index contributed by atoms with van der Waals surface area (Å²) in [6, 6.07) is 11.9. The molecule has 1 N–H and O–H groups in total. The molecule has 0 spiro atoms. The van der Waals surface area contributed by atoms with Crippen molar-refractivity contribution >= 4 is 41.2 Å². The quantitative estimate of drug-likeness (QED) is 0.636. The van der Waals surface area contributed by atoms with Gasteiger partial charge in [-0.2, -0.15) is 5.26 Å². The van der Waals surface area contributed by atoms with Crippen LogP contribution in [0.15, 0.2) is 34.7 Å². The lowest BCUT2D eigenvalue weighted by molar-refractivity contribution is -0.119. The maximum atomic E-state index is 12.2. The number of benzene rings is 1. The summed E-state index contributed by atoms with van der Waals surface area (Å²) in [5, 5.41) is 16.7. The first-order chi connectivity index (χ1) is 11.6. The zero-order valence-corrected chi connectivity index (χ0v) is 15.3. The number of nitrogens with zero attached hydrogens (tertiary/aromatic N) is 3. The first-order valence-electron chi connectivity index (χ1n) is 7.63. The third-order valence-electron chi connectivity index (χ3n) is 3.91. The van der Waals surface area contributed by atoms with E-state index >= 15 is 0 Å². The maximum Gasteiger partial charge on any atom is 0.231 e. The number of carbonyl (C=O) groups excluding carboxylic acids is 1. The molecule has 1 saturated carbocycles. The third-order valence-corrected chi connectivity index (χ3v) is 6.27. The van der Waals surface area contributed by atoms with E-state index < -0.39 is 5.54 Å². The molecule has 0 aliphatic heterocycles.